The summed E-state index contributed by atoms with van der Waals surface area (Å²) in [4.78, 5) is 2.61. The van der Waals surface area contributed by atoms with Gasteiger partial charge in [0.05, 0.1) is 0 Å². The zero-order valence-corrected chi connectivity index (χ0v) is 10.2. The highest BCUT2D eigenvalue weighted by Crippen LogP contribution is 2.25. The second-order valence-corrected chi connectivity index (χ2v) is 5.19. The maximum Gasteiger partial charge on any atom is 0.0105 e. The fourth-order valence-electron chi connectivity index (χ4n) is 2.22. The molecule has 1 aliphatic heterocycles. The van der Waals surface area contributed by atoms with Crippen LogP contribution in [0.1, 0.15) is 34.1 Å². The van der Waals surface area contributed by atoms with Crippen LogP contribution in [-0.4, -0.2) is 30.6 Å². The molecule has 0 amide bonds. The van der Waals surface area contributed by atoms with Gasteiger partial charge in [-0.1, -0.05) is 20.8 Å². The number of rotatable bonds is 3. The van der Waals surface area contributed by atoms with Crippen molar-refractivity contribution in [2.75, 3.05) is 19.6 Å². The summed E-state index contributed by atoms with van der Waals surface area (Å²) in [6.07, 6.45) is 1.35. The molecule has 1 heterocycles. The third-order valence-electron chi connectivity index (χ3n) is 4.14. The van der Waals surface area contributed by atoms with Gasteiger partial charge in [0.15, 0.2) is 0 Å². The maximum atomic E-state index is 5.71. The van der Waals surface area contributed by atoms with Crippen LogP contribution >= 0.6 is 0 Å². The molecule has 14 heavy (non-hydrogen) atoms. The number of nitrogens with zero attached hydrogens (tertiary/aromatic N) is 1. The largest absolute Gasteiger partial charge is 0.330 e. The molecule has 0 saturated carbocycles. The predicted octanol–water partition coefficient (Wildman–Crippen LogP) is 1.95. The lowest BCUT2D eigenvalue weighted by Gasteiger charge is -2.40. The third-order valence-corrected chi connectivity index (χ3v) is 4.14. The molecule has 0 aliphatic carbocycles. The van der Waals surface area contributed by atoms with Crippen LogP contribution in [0.3, 0.4) is 0 Å². The van der Waals surface area contributed by atoms with E-state index in [-0.39, 0.29) is 0 Å². The van der Waals surface area contributed by atoms with Crippen molar-refractivity contribution in [3.8, 4) is 0 Å². The van der Waals surface area contributed by atoms with Crippen LogP contribution in [0.25, 0.3) is 0 Å². The molecule has 0 aromatic heterocycles. The number of hydrogen-bond donors (Lipinski definition) is 1. The Hall–Kier alpha value is -0.0800. The van der Waals surface area contributed by atoms with E-state index in [2.05, 4.69) is 32.6 Å². The second-order valence-electron chi connectivity index (χ2n) is 5.19. The SMILES string of the molecule is CC1CCN(C(C)C(C)CN)CC1C. The average molecular weight is 198 g/mol. The van der Waals surface area contributed by atoms with E-state index in [4.69, 9.17) is 5.73 Å². The number of piperidine rings is 1. The first-order valence-electron chi connectivity index (χ1n) is 6.00. The summed E-state index contributed by atoms with van der Waals surface area (Å²) in [6.45, 7) is 12.6. The molecule has 0 aromatic rings. The van der Waals surface area contributed by atoms with Gasteiger partial charge in [-0.2, -0.15) is 0 Å². The first kappa shape index (κ1) is 12.0. The molecule has 0 aromatic carbocycles. The van der Waals surface area contributed by atoms with Crippen LogP contribution in [-0.2, 0) is 0 Å². The molecule has 2 nitrogen and oxygen atoms in total. The Balaban J connectivity index is 2.45. The Labute approximate surface area is 88.8 Å². The Kier molecular flexibility index (Phi) is 4.39. The van der Waals surface area contributed by atoms with Gasteiger partial charge in [-0.25, -0.2) is 0 Å². The van der Waals surface area contributed by atoms with Gasteiger partial charge in [0.2, 0.25) is 0 Å². The van der Waals surface area contributed by atoms with Gasteiger partial charge in [-0.05, 0) is 44.2 Å². The van der Waals surface area contributed by atoms with Gasteiger partial charge >= 0.3 is 0 Å². The van der Waals surface area contributed by atoms with E-state index in [0.29, 0.717) is 12.0 Å². The molecule has 0 bridgehead atoms. The minimum Gasteiger partial charge on any atom is -0.330 e. The molecular formula is C12H26N2. The zero-order valence-electron chi connectivity index (χ0n) is 10.2. The van der Waals surface area contributed by atoms with Gasteiger partial charge in [-0.3, -0.25) is 0 Å². The molecule has 1 rings (SSSR count). The minimum absolute atomic E-state index is 0.621. The lowest BCUT2D eigenvalue weighted by atomic mass is 9.87. The molecule has 84 valence electrons. The maximum absolute atomic E-state index is 5.71. The summed E-state index contributed by atoms with van der Waals surface area (Å²) in [7, 11) is 0. The van der Waals surface area contributed by atoms with Gasteiger partial charge < -0.3 is 10.6 Å². The van der Waals surface area contributed by atoms with Crippen molar-refractivity contribution in [2.24, 2.45) is 23.5 Å². The summed E-state index contributed by atoms with van der Waals surface area (Å²) in [5.41, 5.74) is 5.71. The van der Waals surface area contributed by atoms with Crippen molar-refractivity contribution in [1.29, 1.82) is 0 Å². The highest BCUT2D eigenvalue weighted by Gasteiger charge is 2.27. The van der Waals surface area contributed by atoms with E-state index in [0.717, 1.165) is 18.4 Å². The topological polar surface area (TPSA) is 29.3 Å². The fraction of sp³-hybridized carbons (Fsp3) is 1.00. The van der Waals surface area contributed by atoms with Crippen LogP contribution in [0.4, 0.5) is 0 Å². The standard InChI is InChI=1S/C12H26N2/c1-9-5-6-14(8-11(9)3)12(4)10(2)7-13/h9-12H,5-8,13H2,1-4H3. The van der Waals surface area contributed by atoms with Crippen molar-refractivity contribution in [3.05, 3.63) is 0 Å². The van der Waals surface area contributed by atoms with Crippen LogP contribution in [0.2, 0.25) is 0 Å². The van der Waals surface area contributed by atoms with E-state index >= 15 is 0 Å². The Morgan fingerprint density at radius 2 is 1.93 bits per heavy atom. The lowest BCUT2D eigenvalue weighted by molar-refractivity contribution is 0.0802. The third kappa shape index (κ3) is 2.71. The summed E-state index contributed by atoms with van der Waals surface area (Å²) in [6, 6.07) is 0.648. The molecule has 0 radical (unpaired) electrons. The first-order chi connectivity index (χ1) is 6.56. The van der Waals surface area contributed by atoms with Gasteiger partial charge in [0.25, 0.3) is 0 Å². The molecule has 1 saturated heterocycles. The van der Waals surface area contributed by atoms with Crippen LogP contribution in [0.5, 0.6) is 0 Å². The van der Waals surface area contributed by atoms with Crippen molar-refractivity contribution in [1.82, 2.24) is 4.90 Å². The van der Waals surface area contributed by atoms with Crippen LogP contribution in [0.15, 0.2) is 0 Å². The Morgan fingerprint density at radius 3 is 2.43 bits per heavy atom. The highest BCUT2D eigenvalue weighted by atomic mass is 15.2. The van der Waals surface area contributed by atoms with Crippen LogP contribution < -0.4 is 5.73 Å². The number of likely N-dealkylation sites (tertiary alicyclic amines) is 1. The summed E-state index contributed by atoms with van der Waals surface area (Å²) in [5.74, 6) is 2.36. The monoisotopic (exact) mass is 198 g/mol. The molecule has 1 fully saturated rings. The highest BCUT2D eigenvalue weighted by molar-refractivity contribution is 4.81. The molecule has 4 unspecified atom stereocenters. The van der Waals surface area contributed by atoms with Crippen molar-refractivity contribution in [2.45, 2.75) is 40.2 Å². The Morgan fingerprint density at radius 1 is 1.29 bits per heavy atom. The van der Waals surface area contributed by atoms with E-state index < -0.39 is 0 Å². The minimum atomic E-state index is 0.621. The van der Waals surface area contributed by atoms with Crippen LogP contribution in [0, 0.1) is 17.8 Å². The summed E-state index contributed by atoms with van der Waals surface area (Å²) < 4.78 is 0. The molecule has 2 heteroatoms. The van der Waals surface area contributed by atoms with Crippen molar-refractivity contribution >= 4 is 0 Å². The van der Waals surface area contributed by atoms with E-state index in [1.54, 1.807) is 0 Å². The first-order valence-corrected chi connectivity index (χ1v) is 6.00. The zero-order chi connectivity index (χ0) is 10.7. The molecule has 4 atom stereocenters. The van der Waals surface area contributed by atoms with E-state index in [9.17, 15) is 0 Å². The van der Waals surface area contributed by atoms with E-state index in [1.165, 1.54) is 19.5 Å². The molecule has 0 spiro atoms. The molecule has 2 N–H and O–H groups in total. The lowest BCUT2D eigenvalue weighted by Crippen LogP contribution is -2.47. The van der Waals surface area contributed by atoms with Crippen molar-refractivity contribution < 1.29 is 0 Å². The average Bonchev–Trinajstić information content (AvgIpc) is 2.20. The van der Waals surface area contributed by atoms with Gasteiger partial charge in [0, 0.05) is 12.6 Å². The quantitative estimate of drug-likeness (QED) is 0.751. The van der Waals surface area contributed by atoms with Crippen molar-refractivity contribution in [3.63, 3.8) is 0 Å². The Bertz CT molecular complexity index is 170. The molecular weight excluding hydrogens is 172 g/mol. The fourth-order valence-corrected chi connectivity index (χ4v) is 2.22. The number of nitrogens with two attached hydrogens (primary N) is 1. The summed E-state index contributed by atoms with van der Waals surface area (Å²) in [5, 5.41) is 0. The normalized spacial score (nSPS) is 34.1. The predicted molar refractivity (Wildman–Crippen MR) is 62.2 cm³/mol. The van der Waals surface area contributed by atoms with Gasteiger partial charge in [0.1, 0.15) is 0 Å². The van der Waals surface area contributed by atoms with Gasteiger partial charge in [-0.15, -0.1) is 0 Å². The molecule has 1 aliphatic rings. The summed E-state index contributed by atoms with van der Waals surface area (Å²) >= 11 is 0. The second kappa shape index (κ2) is 5.13. The smallest absolute Gasteiger partial charge is 0.0105 e. The number of hydrogen-bond acceptors (Lipinski definition) is 2. The van der Waals surface area contributed by atoms with E-state index in [1.807, 2.05) is 0 Å².